The van der Waals surface area contributed by atoms with Gasteiger partial charge in [-0.05, 0) is 34.5 Å². The molecule has 70 valence electrons. The summed E-state index contributed by atoms with van der Waals surface area (Å²) in [6, 6.07) is 1.82. The van der Waals surface area contributed by atoms with Gasteiger partial charge in [-0.15, -0.1) is 11.6 Å². The molecule has 1 aromatic heterocycles. The second-order valence-electron chi connectivity index (χ2n) is 2.51. The molecular formula is C8H8BrClN2O. The SMILES string of the molecule is Cc1cc(NC(=O)CCl)cnc1Br. The Labute approximate surface area is 89.6 Å². The van der Waals surface area contributed by atoms with Crippen molar-refractivity contribution in [2.24, 2.45) is 0 Å². The lowest BCUT2D eigenvalue weighted by Gasteiger charge is -2.03. The molecule has 1 rings (SSSR count). The van der Waals surface area contributed by atoms with Crippen LogP contribution in [-0.4, -0.2) is 16.8 Å². The van der Waals surface area contributed by atoms with Crippen LogP contribution in [0.3, 0.4) is 0 Å². The molecule has 0 aliphatic heterocycles. The third-order valence-corrected chi connectivity index (χ3v) is 2.49. The first-order valence-corrected chi connectivity index (χ1v) is 4.94. The first-order chi connectivity index (χ1) is 6.13. The predicted octanol–water partition coefficient (Wildman–Crippen LogP) is 2.33. The van der Waals surface area contributed by atoms with Gasteiger partial charge in [0.1, 0.15) is 10.5 Å². The lowest BCUT2D eigenvalue weighted by Crippen LogP contribution is -2.12. The molecule has 5 heteroatoms. The van der Waals surface area contributed by atoms with Crippen LogP contribution >= 0.6 is 27.5 Å². The maximum Gasteiger partial charge on any atom is 0.239 e. The minimum absolute atomic E-state index is 0.0465. The lowest BCUT2D eigenvalue weighted by atomic mass is 10.3. The van der Waals surface area contributed by atoms with Crippen molar-refractivity contribution in [1.82, 2.24) is 4.98 Å². The third-order valence-electron chi connectivity index (χ3n) is 1.42. The van der Waals surface area contributed by atoms with Crippen molar-refractivity contribution < 1.29 is 4.79 Å². The third kappa shape index (κ3) is 2.97. The molecule has 1 N–H and O–H groups in total. The van der Waals surface area contributed by atoms with Crippen LogP contribution in [0.15, 0.2) is 16.9 Å². The van der Waals surface area contributed by atoms with Gasteiger partial charge in [-0.2, -0.15) is 0 Å². The fraction of sp³-hybridized carbons (Fsp3) is 0.250. The number of nitrogens with zero attached hydrogens (tertiary/aromatic N) is 1. The van der Waals surface area contributed by atoms with E-state index in [-0.39, 0.29) is 11.8 Å². The van der Waals surface area contributed by atoms with E-state index in [1.54, 1.807) is 6.20 Å². The van der Waals surface area contributed by atoms with Gasteiger partial charge in [0.2, 0.25) is 5.91 Å². The number of aryl methyl sites for hydroxylation is 1. The van der Waals surface area contributed by atoms with Crippen LogP contribution in [0.25, 0.3) is 0 Å². The van der Waals surface area contributed by atoms with Crippen molar-refractivity contribution in [1.29, 1.82) is 0 Å². The molecule has 0 fully saturated rings. The second kappa shape index (κ2) is 4.58. The monoisotopic (exact) mass is 262 g/mol. The van der Waals surface area contributed by atoms with Gasteiger partial charge in [-0.1, -0.05) is 0 Å². The van der Waals surface area contributed by atoms with Gasteiger partial charge in [0.25, 0.3) is 0 Å². The zero-order chi connectivity index (χ0) is 9.84. The Balaban J connectivity index is 2.79. The Morgan fingerprint density at radius 1 is 1.77 bits per heavy atom. The molecule has 0 saturated heterocycles. The summed E-state index contributed by atoms with van der Waals surface area (Å²) in [6.45, 7) is 1.90. The summed E-state index contributed by atoms with van der Waals surface area (Å²) in [4.78, 5) is 14.9. The number of rotatable bonds is 2. The van der Waals surface area contributed by atoms with Crippen LogP contribution in [0, 0.1) is 6.92 Å². The van der Waals surface area contributed by atoms with Gasteiger partial charge in [-0.3, -0.25) is 4.79 Å². The highest BCUT2D eigenvalue weighted by Crippen LogP contribution is 2.16. The van der Waals surface area contributed by atoms with Crippen molar-refractivity contribution in [3.8, 4) is 0 Å². The van der Waals surface area contributed by atoms with Crippen LogP contribution in [0.1, 0.15) is 5.56 Å². The Hall–Kier alpha value is -0.610. The summed E-state index contributed by atoms with van der Waals surface area (Å²) in [5.41, 5.74) is 1.62. The highest BCUT2D eigenvalue weighted by Gasteiger charge is 2.02. The molecule has 0 spiro atoms. The van der Waals surface area contributed by atoms with E-state index in [4.69, 9.17) is 11.6 Å². The number of hydrogen-bond acceptors (Lipinski definition) is 2. The second-order valence-corrected chi connectivity index (χ2v) is 3.53. The van der Waals surface area contributed by atoms with Crippen molar-refractivity contribution >= 4 is 39.1 Å². The van der Waals surface area contributed by atoms with Crippen LogP contribution in [0.2, 0.25) is 0 Å². The number of pyridine rings is 1. The van der Waals surface area contributed by atoms with E-state index in [0.29, 0.717) is 5.69 Å². The summed E-state index contributed by atoms with van der Waals surface area (Å²) in [7, 11) is 0. The zero-order valence-electron chi connectivity index (χ0n) is 6.97. The molecule has 3 nitrogen and oxygen atoms in total. The van der Waals surface area contributed by atoms with Gasteiger partial charge in [0.15, 0.2) is 0 Å². The van der Waals surface area contributed by atoms with Gasteiger partial charge in [-0.25, -0.2) is 4.98 Å². The van der Waals surface area contributed by atoms with Crippen LogP contribution in [-0.2, 0) is 4.79 Å². The average molecular weight is 264 g/mol. The Morgan fingerprint density at radius 2 is 2.46 bits per heavy atom. The molecular weight excluding hydrogens is 255 g/mol. The molecule has 13 heavy (non-hydrogen) atoms. The first kappa shape index (κ1) is 10.5. The number of alkyl halides is 1. The quantitative estimate of drug-likeness (QED) is 0.657. The number of anilines is 1. The first-order valence-electron chi connectivity index (χ1n) is 3.61. The van der Waals surface area contributed by atoms with Gasteiger partial charge >= 0.3 is 0 Å². The molecule has 0 radical (unpaired) electrons. The molecule has 0 aliphatic rings. The van der Waals surface area contributed by atoms with E-state index in [9.17, 15) is 4.79 Å². The molecule has 1 aromatic rings. The van der Waals surface area contributed by atoms with E-state index in [2.05, 4.69) is 26.2 Å². The number of nitrogens with one attached hydrogen (secondary N) is 1. The van der Waals surface area contributed by atoms with Crippen molar-refractivity contribution in [2.75, 3.05) is 11.2 Å². The van der Waals surface area contributed by atoms with E-state index >= 15 is 0 Å². The minimum Gasteiger partial charge on any atom is -0.324 e. The summed E-state index contributed by atoms with van der Waals surface area (Å²) >= 11 is 8.59. The number of halogens is 2. The average Bonchev–Trinajstić information content (AvgIpc) is 2.11. The molecule has 1 amide bonds. The van der Waals surface area contributed by atoms with Gasteiger partial charge < -0.3 is 5.32 Å². The van der Waals surface area contributed by atoms with Crippen LogP contribution < -0.4 is 5.32 Å². The number of carbonyl (C=O) groups is 1. The number of aromatic nitrogens is 1. The van der Waals surface area contributed by atoms with Crippen molar-refractivity contribution in [2.45, 2.75) is 6.92 Å². The number of carbonyl (C=O) groups excluding carboxylic acids is 1. The topological polar surface area (TPSA) is 42.0 Å². The summed E-state index contributed by atoms with van der Waals surface area (Å²) in [5.74, 6) is -0.278. The minimum atomic E-state index is -0.231. The fourth-order valence-electron chi connectivity index (χ4n) is 0.821. The van der Waals surface area contributed by atoms with E-state index < -0.39 is 0 Å². The van der Waals surface area contributed by atoms with Crippen molar-refractivity contribution in [3.05, 3.63) is 22.4 Å². The smallest absolute Gasteiger partial charge is 0.239 e. The largest absolute Gasteiger partial charge is 0.324 e. The van der Waals surface area contributed by atoms with E-state index in [1.165, 1.54) is 0 Å². The molecule has 0 saturated carbocycles. The zero-order valence-corrected chi connectivity index (χ0v) is 9.32. The molecule has 0 atom stereocenters. The van der Waals surface area contributed by atoms with Gasteiger partial charge in [0, 0.05) is 0 Å². The van der Waals surface area contributed by atoms with Gasteiger partial charge in [0.05, 0.1) is 11.9 Å². The Kier molecular flexibility index (Phi) is 3.69. The lowest BCUT2D eigenvalue weighted by molar-refractivity contribution is -0.113. The number of hydrogen-bond donors (Lipinski definition) is 1. The van der Waals surface area contributed by atoms with E-state index in [0.717, 1.165) is 10.2 Å². The number of amides is 1. The molecule has 0 unspecified atom stereocenters. The van der Waals surface area contributed by atoms with Crippen molar-refractivity contribution in [3.63, 3.8) is 0 Å². The molecule has 1 heterocycles. The molecule has 0 aromatic carbocycles. The maximum absolute atomic E-state index is 10.9. The molecule has 0 bridgehead atoms. The summed E-state index contributed by atoms with van der Waals surface area (Å²) in [5, 5.41) is 2.61. The maximum atomic E-state index is 10.9. The fourth-order valence-corrected chi connectivity index (χ4v) is 1.10. The highest BCUT2D eigenvalue weighted by atomic mass is 79.9. The van der Waals surface area contributed by atoms with Crippen LogP contribution in [0.5, 0.6) is 0 Å². The summed E-state index contributed by atoms with van der Waals surface area (Å²) in [6.07, 6.45) is 1.57. The Bertz CT molecular complexity index is 330. The predicted molar refractivity (Wildman–Crippen MR) is 56.0 cm³/mol. The standard InChI is InChI=1S/C8H8BrClN2O/c1-5-2-6(4-11-8(5)9)12-7(13)3-10/h2,4H,3H2,1H3,(H,12,13). The highest BCUT2D eigenvalue weighted by molar-refractivity contribution is 9.10. The Morgan fingerprint density at radius 3 is 3.00 bits per heavy atom. The normalized spacial score (nSPS) is 9.77. The molecule has 0 aliphatic carbocycles. The van der Waals surface area contributed by atoms with Crippen LogP contribution in [0.4, 0.5) is 5.69 Å². The van der Waals surface area contributed by atoms with E-state index in [1.807, 2.05) is 13.0 Å². The summed E-state index contributed by atoms with van der Waals surface area (Å²) < 4.78 is 0.774.